The lowest BCUT2D eigenvalue weighted by atomic mass is 9.82. The molecule has 0 heterocycles. The highest BCUT2D eigenvalue weighted by Gasteiger charge is 2.35. The summed E-state index contributed by atoms with van der Waals surface area (Å²) in [5.74, 6) is 0. The molecule has 1 nitrogen and oxygen atoms in total. The first-order chi connectivity index (χ1) is 26.5. The van der Waals surface area contributed by atoms with Crippen molar-refractivity contribution in [2.75, 3.05) is 4.90 Å². The molecular weight excluding hydrogens is 651 g/mol. The van der Waals surface area contributed by atoms with Crippen LogP contribution in [0.25, 0.3) is 55.3 Å². The zero-order valence-electron chi connectivity index (χ0n) is 31.0. The first-order valence-corrected chi connectivity index (χ1v) is 19.5. The minimum absolute atomic E-state index is 0.0856. The third-order valence-corrected chi connectivity index (χ3v) is 12.0. The number of hydrogen-bond acceptors (Lipinski definition) is 1. The fourth-order valence-corrected chi connectivity index (χ4v) is 9.12. The van der Waals surface area contributed by atoms with Crippen LogP contribution in [-0.2, 0) is 18.3 Å². The minimum atomic E-state index is -0.0856. The molecule has 0 unspecified atom stereocenters. The van der Waals surface area contributed by atoms with Crippen LogP contribution in [-0.4, -0.2) is 0 Å². The highest BCUT2D eigenvalue weighted by molar-refractivity contribution is 5.97. The Morgan fingerprint density at radius 3 is 1.61 bits per heavy atom. The Kier molecular flexibility index (Phi) is 7.84. The lowest BCUT2D eigenvalue weighted by Gasteiger charge is -2.28. The number of benzene rings is 8. The Balaban J connectivity index is 1.08. The average Bonchev–Trinajstić information content (AvgIpc) is 3.46. The number of rotatable bonds is 6. The van der Waals surface area contributed by atoms with Crippen molar-refractivity contribution in [2.45, 2.75) is 44.9 Å². The molecule has 0 radical (unpaired) electrons. The second-order valence-electron chi connectivity index (χ2n) is 15.6. The lowest BCUT2D eigenvalue weighted by molar-refractivity contribution is 0.660. The average molecular weight is 694 g/mol. The summed E-state index contributed by atoms with van der Waals surface area (Å²) in [5.41, 5.74) is 19.3. The first kappa shape index (κ1) is 32.5. The topological polar surface area (TPSA) is 3.24 Å². The predicted molar refractivity (Wildman–Crippen MR) is 229 cm³/mol. The lowest BCUT2D eigenvalue weighted by Crippen LogP contribution is -2.16. The van der Waals surface area contributed by atoms with Crippen LogP contribution in [0, 0.1) is 0 Å². The van der Waals surface area contributed by atoms with Gasteiger partial charge in [-0.1, -0.05) is 141 Å². The van der Waals surface area contributed by atoms with Crippen LogP contribution >= 0.6 is 0 Å². The monoisotopic (exact) mass is 693 g/mol. The normalized spacial score (nSPS) is 14.0. The van der Waals surface area contributed by atoms with Crippen molar-refractivity contribution in [1.82, 2.24) is 0 Å². The maximum atomic E-state index is 2.43. The summed E-state index contributed by atoms with van der Waals surface area (Å²) in [6.07, 6.45) is 5.00. The zero-order chi connectivity index (χ0) is 36.2. The minimum Gasteiger partial charge on any atom is -0.310 e. The number of nitrogens with zero attached hydrogens (tertiary/aromatic N) is 1. The first-order valence-electron chi connectivity index (χ1n) is 19.5. The van der Waals surface area contributed by atoms with Crippen LogP contribution in [0.1, 0.15) is 48.9 Å². The molecule has 260 valence electrons. The molecule has 1 heteroatoms. The second kappa shape index (κ2) is 13.0. The molecule has 0 amide bonds. The maximum Gasteiger partial charge on any atom is 0.0465 e. The third-order valence-electron chi connectivity index (χ3n) is 12.0. The van der Waals surface area contributed by atoms with Gasteiger partial charge in [-0.2, -0.15) is 0 Å². The van der Waals surface area contributed by atoms with Gasteiger partial charge in [-0.05, 0) is 152 Å². The molecule has 0 fully saturated rings. The van der Waals surface area contributed by atoms with Crippen molar-refractivity contribution < 1.29 is 0 Å². The molecule has 2 aliphatic rings. The Morgan fingerprint density at radius 1 is 0.370 bits per heavy atom. The maximum absolute atomic E-state index is 2.43. The summed E-state index contributed by atoms with van der Waals surface area (Å²) in [4.78, 5) is 2.43. The molecule has 8 aromatic carbocycles. The molecule has 10 rings (SSSR count). The Labute approximate surface area is 319 Å². The second-order valence-corrected chi connectivity index (χ2v) is 15.6. The summed E-state index contributed by atoms with van der Waals surface area (Å²) >= 11 is 0. The summed E-state index contributed by atoms with van der Waals surface area (Å²) in [5, 5.41) is 2.50. The Hall–Kier alpha value is -6.18. The quantitative estimate of drug-likeness (QED) is 0.168. The van der Waals surface area contributed by atoms with Gasteiger partial charge in [-0.15, -0.1) is 0 Å². The van der Waals surface area contributed by atoms with Gasteiger partial charge in [0, 0.05) is 22.5 Å². The summed E-state index contributed by atoms with van der Waals surface area (Å²) < 4.78 is 0. The summed E-state index contributed by atoms with van der Waals surface area (Å²) in [7, 11) is 0. The van der Waals surface area contributed by atoms with Gasteiger partial charge >= 0.3 is 0 Å². The van der Waals surface area contributed by atoms with Crippen LogP contribution in [0.3, 0.4) is 0 Å². The molecule has 0 atom stereocenters. The highest BCUT2D eigenvalue weighted by Crippen LogP contribution is 2.51. The van der Waals surface area contributed by atoms with E-state index in [-0.39, 0.29) is 5.41 Å². The van der Waals surface area contributed by atoms with Gasteiger partial charge in [0.25, 0.3) is 0 Å². The van der Waals surface area contributed by atoms with E-state index < -0.39 is 0 Å². The van der Waals surface area contributed by atoms with Crippen LogP contribution in [0.5, 0.6) is 0 Å². The van der Waals surface area contributed by atoms with E-state index in [4.69, 9.17) is 0 Å². The van der Waals surface area contributed by atoms with Gasteiger partial charge in [-0.25, -0.2) is 0 Å². The van der Waals surface area contributed by atoms with Crippen LogP contribution < -0.4 is 4.90 Å². The third kappa shape index (κ3) is 5.55. The molecule has 54 heavy (non-hydrogen) atoms. The van der Waals surface area contributed by atoms with E-state index in [1.165, 1.54) is 109 Å². The smallest absolute Gasteiger partial charge is 0.0465 e. The van der Waals surface area contributed by atoms with Gasteiger partial charge in [0.2, 0.25) is 0 Å². The fraction of sp³-hybridized carbons (Fsp3) is 0.132. The number of aryl methyl sites for hydroxylation is 2. The van der Waals surface area contributed by atoms with Crippen molar-refractivity contribution in [3.63, 3.8) is 0 Å². The predicted octanol–water partition coefficient (Wildman–Crippen LogP) is 14.5. The standard InChI is InChI=1S/C53H43N/c1-53(2)51-19-11-10-18-47(51)48-31-30-46(35-52(48)53)54(44-26-22-37(23-27-44)43-21-20-36-12-6-7-15-40(36)32-43)45-28-24-39(25-29-45)50-34-42-17-9-8-16-41(42)33-49(50)38-13-4-3-5-14-38/h3-5,8-11,13-14,16-35H,6-7,12,15H2,1-2H3. The summed E-state index contributed by atoms with van der Waals surface area (Å²) in [6.45, 7) is 4.73. The van der Waals surface area contributed by atoms with E-state index in [2.05, 4.69) is 195 Å². The molecule has 0 saturated heterocycles. The SMILES string of the molecule is CC1(C)c2ccccc2-c2ccc(N(c3ccc(-c4ccc5c(c4)CCCC5)cc3)c3ccc(-c4cc5ccccc5cc4-c4ccccc4)cc3)cc21. The Morgan fingerprint density at radius 2 is 0.907 bits per heavy atom. The molecule has 0 N–H and O–H groups in total. The van der Waals surface area contributed by atoms with Crippen LogP contribution in [0.4, 0.5) is 17.1 Å². The van der Waals surface area contributed by atoms with E-state index in [9.17, 15) is 0 Å². The van der Waals surface area contributed by atoms with E-state index >= 15 is 0 Å². The van der Waals surface area contributed by atoms with E-state index in [0.717, 1.165) is 11.4 Å². The van der Waals surface area contributed by atoms with Crippen LogP contribution in [0.2, 0.25) is 0 Å². The van der Waals surface area contributed by atoms with E-state index in [1.54, 1.807) is 0 Å². The van der Waals surface area contributed by atoms with Gasteiger partial charge < -0.3 is 4.90 Å². The molecule has 0 spiro atoms. The van der Waals surface area contributed by atoms with Crippen LogP contribution in [0.15, 0.2) is 176 Å². The molecule has 0 saturated carbocycles. The van der Waals surface area contributed by atoms with Crippen molar-refractivity contribution in [1.29, 1.82) is 0 Å². The molecule has 0 bridgehead atoms. The molecule has 2 aliphatic carbocycles. The van der Waals surface area contributed by atoms with Gasteiger partial charge in [0.05, 0.1) is 0 Å². The van der Waals surface area contributed by atoms with Crippen molar-refractivity contribution >= 4 is 27.8 Å². The molecule has 0 aromatic heterocycles. The van der Waals surface area contributed by atoms with E-state index in [1.807, 2.05) is 0 Å². The summed E-state index contributed by atoms with van der Waals surface area (Å²) in [6, 6.07) is 65.6. The van der Waals surface area contributed by atoms with E-state index in [0.29, 0.717) is 0 Å². The zero-order valence-corrected chi connectivity index (χ0v) is 31.0. The van der Waals surface area contributed by atoms with Crippen molar-refractivity contribution in [2.24, 2.45) is 0 Å². The Bertz CT molecular complexity index is 2660. The number of hydrogen-bond donors (Lipinski definition) is 0. The van der Waals surface area contributed by atoms with Gasteiger partial charge in [0.1, 0.15) is 0 Å². The molecule has 0 aliphatic heterocycles. The largest absolute Gasteiger partial charge is 0.310 e. The molecule has 8 aromatic rings. The van der Waals surface area contributed by atoms with Crippen molar-refractivity contribution in [3.8, 4) is 44.5 Å². The van der Waals surface area contributed by atoms with Gasteiger partial charge in [0.15, 0.2) is 0 Å². The van der Waals surface area contributed by atoms with Gasteiger partial charge in [-0.3, -0.25) is 0 Å². The molecular formula is C53H43N. The fourth-order valence-electron chi connectivity index (χ4n) is 9.12. The van der Waals surface area contributed by atoms with Crippen molar-refractivity contribution in [3.05, 3.63) is 198 Å². The highest BCUT2D eigenvalue weighted by atomic mass is 15.1. The number of fused-ring (bicyclic) bond motifs is 5. The number of anilines is 3.